The van der Waals surface area contributed by atoms with E-state index in [1.807, 2.05) is 12.1 Å². The Hall–Kier alpha value is -7.05. The highest BCUT2D eigenvalue weighted by molar-refractivity contribution is 6.15. The van der Waals surface area contributed by atoms with Gasteiger partial charge in [-0.05, 0) is 77.2 Å². The van der Waals surface area contributed by atoms with Crippen LogP contribution in [0.1, 0.15) is 0 Å². The molecular weight excluding hydrogens is 625 g/mol. The average Bonchev–Trinajstić information content (AvgIpc) is 3.88. The minimum Gasteiger partial charge on any atom is -0.292 e. The number of imidazole rings is 2. The van der Waals surface area contributed by atoms with Crippen LogP contribution in [0.4, 0.5) is 0 Å². The summed E-state index contributed by atoms with van der Waals surface area (Å²) >= 11 is 0. The highest BCUT2D eigenvalue weighted by Crippen LogP contribution is 2.38. The summed E-state index contributed by atoms with van der Waals surface area (Å²) in [5.74, 6) is 0.819. The largest absolute Gasteiger partial charge is 0.292 e. The van der Waals surface area contributed by atoms with Crippen LogP contribution in [0.5, 0.6) is 0 Å². The first-order chi connectivity index (χ1) is 25.3. The third kappa shape index (κ3) is 3.57. The number of hydrogen-bond acceptors (Lipinski definition) is 3. The molecule has 0 unspecified atom stereocenters. The maximum Gasteiger partial charge on any atom is 0.221 e. The number of hydrogen-bond donors (Lipinski definition) is 0. The lowest BCUT2D eigenvalue weighted by atomic mass is 9.99. The van der Waals surface area contributed by atoms with E-state index in [2.05, 4.69) is 159 Å². The number of aromatic nitrogens is 6. The number of rotatable bonds is 2. The molecule has 7 aromatic carbocycles. The molecule has 0 saturated carbocycles. The topological polar surface area (TPSA) is 52.4 Å². The third-order valence-corrected chi connectivity index (χ3v) is 10.6. The van der Waals surface area contributed by atoms with Gasteiger partial charge in [-0.2, -0.15) is 0 Å². The van der Waals surface area contributed by atoms with E-state index < -0.39 is 0 Å². The minimum atomic E-state index is 0.819. The average molecular weight is 651 g/mol. The molecule has 6 nitrogen and oxygen atoms in total. The second-order valence-corrected chi connectivity index (χ2v) is 13.3. The van der Waals surface area contributed by atoms with E-state index in [-0.39, 0.29) is 0 Å². The van der Waals surface area contributed by atoms with Crippen LogP contribution in [0, 0.1) is 0 Å². The van der Waals surface area contributed by atoms with Crippen molar-refractivity contribution in [3.8, 4) is 17.1 Å². The normalized spacial score (nSPS) is 12.3. The molecule has 236 valence electrons. The fourth-order valence-electron chi connectivity index (χ4n) is 8.33. The molecule has 0 bridgehead atoms. The van der Waals surface area contributed by atoms with E-state index in [0.29, 0.717) is 0 Å². The van der Waals surface area contributed by atoms with Crippen LogP contribution in [-0.2, 0) is 0 Å². The second-order valence-electron chi connectivity index (χ2n) is 13.3. The lowest BCUT2D eigenvalue weighted by Gasteiger charge is -2.13. The second kappa shape index (κ2) is 9.77. The molecule has 0 aliphatic rings. The fourth-order valence-corrected chi connectivity index (χ4v) is 8.33. The molecule has 0 N–H and O–H groups in total. The zero-order valence-electron chi connectivity index (χ0n) is 27.2. The standard InChI is InChI=1S/C45H26N6/c1-2-13-32-29(11-1)34-25-27(22-24-39(34)49-40-19-9-6-16-36(40)46-43(32)49)28-21-23-31-30-12-4-8-18-38(30)50(42(31)26-28)45-48-35-15-5-3-14-33(35)44-47-37-17-7-10-20-41(37)51(44)45/h1-26H. The molecule has 0 saturated heterocycles. The zero-order chi connectivity index (χ0) is 33.2. The molecule has 0 amide bonds. The SMILES string of the molecule is c1ccc2c(c1)nc(-n1c3ccccc3c3ccc(-c4ccc5c(c4)c4ccccc4c4nc6ccccc6n54)cc31)n1c3ccccc3nc21. The maximum absolute atomic E-state index is 5.37. The lowest BCUT2D eigenvalue weighted by molar-refractivity contribution is 0.979. The van der Waals surface area contributed by atoms with E-state index in [0.717, 1.165) is 83.3 Å². The van der Waals surface area contributed by atoms with Gasteiger partial charge in [0.2, 0.25) is 5.95 Å². The zero-order valence-corrected chi connectivity index (χ0v) is 27.2. The van der Waals surface area contributed by atoms with Crippen molar-refractivity contribution in [2.45, 2.75) is 0 Å². The number of nitrogens with zero attached hydrogens (tertiary/aromatic N) is 6. The quantitative estimate of drug-likeness (QED) is 0.175. The monoisotopic (exact) mass is 650 g/mol. The molecule has 0 aliphatic carbocycles. The highest BCUT2D eigenvalue weighted by Gasteiger charge is 2.21. The predicted octanol–water partition coefficient (Wildman–Crippen LogP) is 10.9. The molecule has 0 fully saturated rings. The van der Waals surface area contributed by atoms with Crippen molar-refractivity contribution in [3.05, 3.63) is 158 Å². The van der Waals surface area contributed by atoms with Gasteiger partial charge in [0, 0.05) is 26.9 Å². The number of pyridine rings is 1. The van der Waals surface area contributed by atoms with Crippen molar-refractivity contribution < 1.29 is 0 Å². The molecule has 5 aromatic heterocycles. The minimum absolute atomic E-state index is 0.819. The van der Waals surface area contributed by atoms with Crippen molar-refractivity contribution in [1.82, 2.24) is 28.3 Å². The van der Waals surface area contributed by atoms with Crippen LogP contribution >= 0.6 is 0 Å². The summed E-state index contributed by atoms with van der Waals surface area (Å²) in [7, 11) is 0. The Bertz CT molecular complexity index is 3440. The van der Waals surface area contributed by atoms with E-state index in [9.17, 15) is 0 Å². The van der Waals surface area contributed by atoms with Gasteiger partial charge in [-0.25, -0.2) is 15.0 Å². The molecule has 0 atom stereocenters. The molecule has 12 aromatic rings. The van der Waals surface area contributed by atoms with Crippen LogP contribution in [0.2, 0.25) is 0 Å². The van der Waals surface area contributed by atoms with Gasteiger partial charge in [-0.15, -0.1) is 0 Å². The first-order valence-electron chi connectivity index (χ1n) is 17.2. The Morgan fingerprint density at radius 3 is 1.65 bits per heavy atom. The first-order valence-corrected chi connectivity index (χ1v) is 17.2. The summed E-state index contributed by atoms with van der Waals surface area (Å²) < 4.78 is 6.85. The van der Waals surface area contributed by atoms with Crippen molar-refractivity contribution in [1.29, 1.82) is 0 Å². The third-order valence-electron chi connectivity index (χ3n) is 10.6. The Morgan fingerprint density at radius 2 is 0.863 bits per heavy atom. The molecule has 5 heterocycles. The van der Waals surface area contributed by atoms with Gasteiger partial charge in [0.25, 0.3) is 0 Å². The molecule has 51 heavy (non-hydrogen) atoms. The first kappa shape index (κ1) is 26.9. The Balaban J connectivity index is 1.17. The van der Waals surface area contributed by atoms with Gasteiger partial charge < -0.3 is 0 Å². The van der Waals surface area contributed by atoms with Crippen LogP contribution in [0.3, 0.4) is 0 Å². The summed E-state index contributed by atoms with van der Waals surface area (Å²) in [6, 6.07) is 56.0. The van der Waals surface area contributed by atoms with Crippen LogP contribution in [0.25, 0.3) is 105 Å². The number of benzene rings is 7. The molecule has 0 radical (unpaired) electrons. The summed E-state index contributed by atoms with van der Waals surface area (Å²) in [5, 5.41) is 6.93. The van der Waals surface area contributed by atoms with E-state index in [1.165, 1.54) is 21.5 Å². The van der Waals surface area contributed by atoms with Crippen LogP contribution in [0.15, 0.2) is 158 Å². The summed E-state index contributed by atoms with van der Waals surface area (Å²) in [6.45, 7) is 0. The Labute approximate surface area is 290 Å². The summed E-state index contributed by atoms with van der Waals surface area (Å²) in [6.07, 6.45) is 0. The van der Waals surface area contributed by atoms with Crippen LogP contribution in [-0.4, -0.2) is 28.3 Å². The van der Waals surface area contributed by atoms with E-state index in [1.54, 1.807) is 0 Å². The van der Waals surface area contributed by atoms with Crippen molar-refractivity contribution in [3.63, 3.8) is 0 Å². The summed E-state index contributed by atoms with van der Waals surface area (Å²) in [4.78, 5) is 15.6. The van der Waals surface area contributed by atoms with Gasteiger partial charge in [0.1, 0.15) is 11.3 Å². The molecule has 6 heteroatoms. The number of fused-ring (bicyclic) bond motifs is 16. The highest BCUT2D eigenvalue weighted by atomic mass is 15.2. The maximum atomic E-state index is 5.37. The molecule has 0 spiro atoms. The smallest absolute Gasteiger partial charge is 0.221 e. The van der Waals surface area contributed by atoms with Crippen molar-refractivity contribution in [2.24, 2.45) is 0 Å². The Kier molecular flexibility index (Phi) is 5.14. The number of para-hydroxylation sites is 6. The fraction of sp³-hybridized carbons (Fsp3) is 0. The van der Waals surface area contributed by atoms with Gasteiger partial charge >= 0.3 is 0 Å². The molecule has 12 rings (SSSR count). The van der Waals surface area contributed by atoms with Crippen molar-refractivity contribution >= 4 is 87.7 Å². The van der Waals surface area contributed by atoms with Gasteiger partial charge in [0.05, 0.1) is 44.1 Å². The van der Waals surface area contributed by atoms with Gasteiger partial charge in [-0.1, -0.05) is 97.1 Å². The van der Waals surface area contributed by atoms with Crippen molar-refractivity contribution in [2.75, 3.05) is 0 Å². The Morgan fingerprint density at radius 1 is 0.314 bits per heavy atom. The predicted molar refractivity (Wildman–Crippen MR) is 209 cm³/mol. The van der Waals surface area contributed by atoms with Crippen LogP contribution < -0.4 is 0 Å². The van der Waals surface area contributed by atoms with Gasteiger partial charge in [0.15, 0.2) is 0 Å². The van der Waals surface area contributed by atoms with Gasteiger partial charge in [-0.3, -0.25) is 13.4 Å². The summed E-state index contributed by atoms with van der Waals surface area (Å²) in [5.41, 5.74) is 12.5. The van der Waals surface area contributed by atoms with E-state index in [4.69, 9.17) is 15.0 Å². The molecule has 0 aliphatic heterocycles. The molecular formula is C45H26N6. The lowest BCUT2D eigenvalue weighted by Crippen LogP contribution is -2.06. The van der Waals surface area contributed by atoms with E-state index >= 15 is 0 Å².